The zero-order valence-electron chi connectivity index (χ0n) is 10.3. The van der Waals surface area contributed by atoms with Crippen molar-refractivity contribution in [3.63, 3.8) is 0 Å². The molecule has 2 aromatic rings. The molecule has 0 heterocycles. The summed E-state index contributed by atoms with van der Waals surface area (Å²) in [6, 6.07) is 17.5. The van der Waals surface area contributed by atoms with Crippen LogP contribution in [0.5, 0.6) is 5.75 Å². The van der Waals surface area contributed by atoms with E-state index in [0.29, 0.717) is 0 Å². The van der Waals surface area contributed by atoms with Gasteiger partial charge in [0.05, 0.1) is 6.54 Å². The lowest BCUT2D eigenvalue weighted by Crippen LogP contribution is -2.22. The first-order valence-electron chi connectivity index (χ1n) is 5.95. The Kier molecular flexibility index (Phi) is 4.48. The number of rotatable bonds is 5. The van der Waals surface area contributed by atoms with Crippen molar-refractivity contribution in [2.75, 3.05) is 11.9 Å². The molecular weight excluding hydrogens is 246 g/mol. The molecule has 0 aliphatic rings. The number of anilines is 1. The third-order valence-electron chi connectivity index (χ3n) is 2.52. The van der Waals surface area contributed by atoms with Gasteiger partial charge in [-0.1, -0.05) is 29.8 Å². The van der Waals surface area contributed by atoms with Crippen LogP contribution in [0, 0.1) is 0 Å². The number of ether oxygens (including phenoxy) is 1. The lowest BCUT2D eigenvalue weighted by Gasteiger charge is -2.16. The first-order valence-corrected chi connectivity index (χ1v) is 6.33. The molecule has 0 radical (unpaired) electrons. The summed E-state index contributed by atoms with van der Waals surface area (Å²) >= 11 is 5.82. The van der Waals surface area contributed by atoms with Gasteiger partial charge in [-0.3, -0.25) is 0 Å². The van der Waals surface area contributed by atoms with Crippen molar-refractivity contribution in [3.8, 4) is 5.75 Å². The molecule has 2 rings (SSSR count). The predicted octanol–water partition coefficient (Wildman–Crippen LogP) is 4.22. The zero-order valence-corrected chi connectivity index (χ0v) is 11.0. The quantitative estimate of drug-likeness (QED) is 0.870. The van der Waals surface area contributed by atoms with E-state index in [2.05, 4.69) is 5.32 Å². The van der Waals surface area contributed by atoms with Crippen LogP contribution in [-0.2, 0) is 0 Å². The second-order valence-electron chi connectivity index (χ2n) is 4.13. The molecule has 2 nitrogen and oxygen atoms in total. The van der Waals surface area contributed by atoms with Crippen molar-refractivity contribution >= 4 is 17.3 Å². The molecule has 0 spiro atoms. The number of nitrogens with one attached hydrogen (secondary N) is 1. The molecule has 0 fully saturated rings. The lowest BCUT2D eigenvalue weighted by atomic mass is 10.3. The molecule has 0 saturated carbocycles. The highest BCUT2D eigenvalue weighted by molar-refractivity contribution is 6.30. The maximum absolute atomic E-state index is 5.82. The van der Waals surface area contributed by atoms with E-state index in [1.54, 1.807) is 0 Å². The van der Waals surface area contributed by atoms with Crippen LogP contribution in [0.2, 0.25) is 5.02 Å². The fraction of sp³-hybridized carbons (Fsp3) is 0.200. The number of hydrogen-bond acceptors (Lipinski definition) is 2. The summed E-state index contributed by atoms with van der Waals surface area (Å²) in [5.41, 5.74) is 1.10. The van der Waals surface area contributed by atoms with E-state index in [1.807, 2.05) is 61.5 Å². The Hall–Kier alpha value is -1.67. The summed E-state index contributed by atoms with van der Waals surface area (Å²) in [5.74, 6) is 0.835. The van der Waals surface area contributed by atoms with Gasteiger partial charge in [-0.15, -0.1) is 0 Å². The largest absolute Gasteiger partial charge is 0.489 e. The van der Waals surface area contributed by atoms with E-state index in [1.165, 1.54) is 0 Å². The van der Waals surface area contributed by atoms with Crippen LogP contribution >= 0.6 is 11.6 Å². The van der Waals surface area contributed by atoms with Gasteiger partial charge in [-0.05, 0) is 43.3 Å². The Morgan fingerprint density at radius 2 is 1.72 bits per heavy atom. The van der Waals surface area contributed by atoms with E-state index in [0.717, 1.165) is 23.0 Å². The van der Waals surface area contributed by atoms with Gasteiger partial charge in [0.25, 0.3) is 0 Å². The van der Waals surface area contributed by atoms with Gasteiger partial charge in [0.1, 0.15) is 11.9 Å². The monoisotopic (exact) mass is 261 g/mol. The van der Waals surface area contributed by atoms with Crippen LogP contribution in [0.15, 0.2) is 54.6 Å². The molecule has 0 bridgehead atoms. The van der Waals surface area contributed by atoms with E-state index in [9.17, 15) is 0 Å². The van der Waals surface area contributed by atoms with E-state index < -0.39 is 0 Å². The van der Waals surface area contributed by atoms with Gasteiger partial charge >= 0.3 is 0 Å². The van der Waals surface area contributed by atoms with Crippen molar-refractivity contribution in [1.82, 2.24) is 0 Å². The third-order valence-corrected chi connectivity index (χ3v) is 2.77. The number of halogens is 1. The Labute approximate surface area is 113 Å². The summed E-state index contributed by atoms with van der Waals surface area (Å²) in [6.45, 7) is 2.79. The molecule has 0 aromatic heterocycles. The molecular formula is C15H16ClNO. The first kappa shape index (κ1) is 12.8. The minimum atomic E-state index is 0.0892. The van der Waals surface area contributed by atoms with Crippen LogP contribution < -0.4 is 10.1 Å². The molecule has 0 amide bonds. The van der Waals surface area contributed by atoms with Crippen LogP contribution in [0.4, 0.5) is 5.69 Å². The molecule has 2 aromatic carbocycles. The minimum absolute atomic E-state index is 0.0892. The van der Waals surface area contributed by atoms with Crippen molar-refractivity contribution in [1.29, 1.82) is 0 Å². The van der Waals surface area contributed by atoms with Crippen molar-refractivity contribution in [2.45, 2.75) is 13.0 Å². The molecule has 1 N–H and O–H groups in total. The molecule has 0 aliphatic heterocycles. The number of hydrogen-bond donors (Lipinski definition) is 1. The smallest absolute Gasteiger partial charge is 0.119 e. The fourth-order valence-corrected chi connectivity index (χ4v) is 1.73. The van der Waals surface area contributed by atoms with Crippen LogP contribution in [-0.4, -0.2) is 12.6 Å². The van der Waals surface area contributed by atoms with Gasteiger partial charge in [0.2, 0.25) is 0 Å². The second-order valence-corrected chi connectivity index (χ2v) is 4.57. The summed E-state index contributed by atoms with van der Waals surface area (Å²) in [6.07, 6.45) is 0.0892. The maximum atomic E-state index is 5.82. The van der Waals surface area contributed by atoms with Crippen LogP contribution in [0.1, 0.15) is 6.92 Å². The Bertz CT molecular complexity index is 470. The Morgan fingerprint density at radius 3 is 2.39 bits per heavy atom. The molecule has 3 heteroatoms. The first-order chi connectivity index (χ1) is 8.74. The van der Waals surface area contributed by atoms with Crippen molar-refractivity contribution in [3.05, 3.63) is 59.6 Å². The molecule has 94 valence electrons. The average molecular weight is 262 g/mol. The van der Waals surface area contributed by atoms with Gasteiger partial charge in [-0.2, -0.15) is 0 Å². The SMILES string of the molecule is CC(CNc1ccccc1)Oc1ccc(Cl)cc1. The lowest BCUT2D eigenvalue weighted by molar-refractivity contribution is 0.235. The number of benzene rings is 2. The van der Waals surface area contributed by atoms with Gasteiger partial charge in [0, 0.05) is 10.7 Å². The Morgan fingerprint density at radius 1 is 1.06 bits per heavy atom. The summed E-state index contributed by atoms with van der Waals surface area (Å²) in [7, 11) is 0. The second kappa shape index (κ2) is 6.31. The van der Waals surface area contributed by atoms with Crippen LogP contribution in [0.3, 0.4) is 0 Å². The zero-order chi connectivity index (χ0) is 12.8. The normalized spacial score (nSPS) is 11.9. The topological polar surface area (TPSA) is 21.3 Å². The van der Waals surface area contributed by atoms with E-state index >= 15 is 0 Å². The van der Waals surface area contributed by atoms with E-state index in [4.69, 9.17) is 16.3 Å². The molecule has 1 atom stereocenters. The molecule has 0 saturated heterocycles. The standard InChI is InChI=1S/C15H16ClNO/c1-12(11-17-14-5-3-2-4-6-14)18-15-9-7-13(16)8-10-15/h2-10,12,17H,11H2,1H3. The molecule has 1 unspecified atom stereocenters. The molecule has 18 heavy (non-hydrogen) atoms. The minimum Gasteiger partial charge on any atom is -0.489 e. The third kappa shape index (κ3) is 3.97. The maximum Gasteiger partial charge on any atom is 0.119 e. The van der Waals surface area contributed by atoms with E-state index in [-0.39, 0.29) is 6.10 Å². The Balaban J connectivity index is 1.82. The highest BCUT2D eigenvalue weighted by Gasteiger charge is 2.03. The average Bonchev–Trinajstić information content (AvgIpc) is 2.40. The predicted molar refractivity (Wildman–Crippen MR) is 76.5 cm³/mol. The highest BCUT2D eigenvalue weighted by Crippen LogP contribution is 2.17. The van der Waals surface area contributed by atoms with Gasteiger partial charge in [0.15, 0.2) is 0 Å². The fourth-order valence-electron chi connectivity index (χ4n) is 1.60. The van der Waals surface area contributed by atoms with Gasteiger partial charge in [-0.25, -0.2) is 0 Å². The molecule has 0 aliphatic carbocycles. The summed E-state index contributed by atoms with van der Waals surface area (Å²) < 4.78 is 5.77. The summed E-state index contributed by atoms with van der Waals surface area (Å²) in [5, 5.41) is 4.04. The summed E-state index contributed by atoms with van der Waals surface area (Å²) in [4.78, 5) is 0. The van der Waals surface area contributed by atoms with Crippen molar-refractivity contribution < 1.29 is 4.74 Å². The van der Waals surface area contributed by atoms with Crippen molar-refractivity contribution in [2.24, 2.45) is 0 Å². The van der Waals surface area contributed by atoms with Crippen LogP contribution in [0.25, 0.3) is 0 Å². The van der Waals surface area contributed by atoms with Gasteiger partial charge < -0.3 is 10.1 Å². The number of para-hydroxylation sites is 1. The highest BCUT2D eigenvalue weighted by atomic mass is 35.5.